The van der Waals surface area contributed by atoms with Crippen LogP contribution in [-0.4, -0.2) is 7.05 Å². The lowest BCUT2D eigenvalue weighted by atomic mass is 10.1. The molecule has 0 aliphatic heterocycles. The van der Waals surface area contributed by atoms with Gasteiger partial charge in [-0.15, -0.1) is 0 Å². The van der Waals surface area contributed by atoms with E-state index in [0.717, 1.165) is 23.4 Å². The highest BCUT2D eigenvalue weighted by atomic mass is 32.2. The van der Waals surface area contributed by atoms with E-state index in [1.807, 2.05) is 20.0 Å². The molecule has 1 rings (SSSR count). The van der Waals surface area contributed by atoms with Gasteiger partial charge in [0.15, 0.2) is 0 Å². The molecule has 0 heterocycles. The van der Waals surface area contributed by atoms with E-state index in [4.69, 9.17) is 5.73 Å². The van der Waals surface area contributed by atoms with Gasteiger partial charge in [-0.05, 0) is 55.0 Å². The highest BCUT2D eigenvalue weighted by Gasteiger charge is 2.04. The summed E-state index contributed by atoms with van der Waals surface area (Å²) in [7, 11) is 1.91. The van der Waals surface area contributed by atoms with E-state index in [1.165, 1.54) is 10.5 Å². The number of anilines is 1. The first kappa shape index (κ1) is 16.4. The second kappa shape index (κ2) is 8.54. The lowest BCUT2D eigenvalue weighted by molar-refractivity contribution is 1.00. The van der Waals surface area contributed by atoms with Crippen LogP contribution in [0.2, 0.25) is 0 Å². The van der Waals surface area contributed by atoms with Gasteiger partial charge >= 0.3 is 0 Å². The molecule has 1 aromatic rings. The van der Waals surface area contributed by atoms with Crippen molar-refractivity contribution in [2.75, 3.05) is 12.8 Å². The van der Waals surface area contributed by atoms with Gasteiger partial charge in [-0.25, -0.2) is 0 Å². The number of benzene rings is 1. The van der Waals surface area contributed by atoms with Crippen LogP contribution in [0.1, 0.15) is 38.3 Å². The van der Waals surface area contributed by atoms with Crippen molar-refractivity contribution in [3.8, 4) is 0 Å². The molecule has 0 fully saturated rings. The lowest BCUT2D eigenvalue weighted by Gasteiger charge is -2.09. The summed E-state index contributed by atoms with van der Waals surface area (Å²) in [5, 5.41) is 5.26. The Kier molecular flexibility index (Phi) is 7.02. The van der Waals surface area contributed by atoms with Crippen molar-refractivity contribution < 1.29 is 0 Å². The van der Waals surface area contributed by atoms with Crippen molar-refractivity contribution in [1.82, 2.24) is 5.32 Å². The zero-order valence-corrected chi connectivity index (χ0v) is 13.6. The summed E-state index contributed by atoms with van der Waals surface area (Å²) in [6, 6.07) is 6.18. The van der Waals surface area contributed by atoms with Crippen LogP contribution in [0, 0.1) is 0 Å². The second-order valence-electron chi connectivity index (χ2n) is 4.47. The third-order valence-corrected chi connectivity index (χ3v) is 3.98. The fraction of sp³-hybridized carbons (Fsp3) is 0.294. The molecule has 0 bridgehead atoms. The number of allylic oxidation sites excluding steroid dienone is 3. The smallest absolute Gasteiger partial charge is 0.0388 e. The monoisotopic (exact) mass is 288 g/mol. The van der Waals surface area contributed by atoms with E-state index in [9.17, 15) is 0 Å². The maximum Gasteiger partial charge on any atom is 0.0388 e. The Morgan fingerprint density at radius 1 is 1.40 bits per heavy atom. The second-order valence-corrected chi connectivity index (χ2v) is 5.42. The number of nitrogens with two attached hydrogens (primary N) is 1. The van der Waals surface area contributed by atoms with Crippen molar-refractivity contribution in [3.63, 3.8) is 0 Å². The first-order valence-electron chi connectivity index (χ1n) is 6.86. The Morgan fingerprint density at radius 3 is 2.75 bits per heavy atom. The molecule has 0 aromatic heterocycles. The van der Waals surface area contributed by atoms with Gasteiger partial charge in [-0.3, -0.25) is 0 Å². The van der Waals surface area contributed by atoms with Crippen LogP contribution < -0.4 is 11.1 Å². The molecule has 0 amide bonds. The molecule has 0 unspecified atom stereocenters. The summed E-state index contributed by atoms with van der Waals surface area (Å²) in [6.07, 6.45) is 7.42. The summed E-state index contributed by atoms with van der Waals surface area (Å²) in [5.41, 5.74) is 10.2. The Morgan fingerprint density at radius 2 is 2.15 bits per heavy atom. The molecular weight excluding hydrogens is 264 g/mol. The zero-order valence-electron chi connectivity index (χ0n) is 12.7. The topological polar surface area (TPSA) is 38.0 Å². The molecule has 2 nitrogen and oxygen atoms in total. The number of hydrogen-bond acceptors (Lipinski definition) is 3. The van der Waals surface area contributed by atoms with Crippen LogP contribution >= 0.6 is 11.8 Å². The van der Waals surface area contributed by atoms with Gasteiger partial charge in [-0.1, -0.05) is 36.9 Å². The molecule has 108 valence electrons. The summed E-state index contributed by atoms with van der Waals surface area (Å²) >= 11 is 1.74. The Bertz CT molecular complexity index is 528. The van der Waals surface area contributed by atoms with E-state index < -0.39 is 0 Å². The number of nitrogen functional groups attached to an aromatic ring is 1. The molecule has 0 saturated heterocycles. The normalized spacial score (nSPS) is 13.0. The van der Waals surface area contributed by atoms with E-state index in [2.05, 4.69) is 54.9 Å². The predicted molar refractivity (Wildman–Crippen MR) is 94.2 cm³/mol. The van der Waals surface area contributed by atoms with Crippen molar-refractivity contribution in [2.24, 2.45) is 0 Å². The largest absolute Gasteiger partial charge is 0.398 e. The van der Waals surface area contributed by atoms with Crippen LogP contribution in [0.4, 0.5) is 5.69 Å². The number of thioether (sulfide) groups is 1. The number of hydrogen-bond donors (Lipinski definition) is 2. The molecule has 20 heavy (non-hydrogen) atoms. The standard InChI is InChI=1S/C17H24N2S/c1-5-7-10-20-17(6-2)14-8-9-16(18)15(12-14)11-13(3)19-4/h6-12,19H,5,18H2,1-4H3/b10-7+,13-11+,17-6-. The van der Waals surface area contributed by atoms with Crippen molar-refractivity contribution in [2.45, 2.75) is 27.2 Å². The molecule has 0 aliphatic rings. The first-order valence-corrected chi connectivity index (χ1v) is 7.74. The summed E-state index contributed by atoms with van der Waals surface area (Å²) < 4.78 is 0. The summed E-state index contributed by atoms with van der Waals surface area (Å²) in [5.74, 6) is 0. The maximum absolute atomic E-state index is 6.04. The minimum atomic E-state index is 0.799. The Labute approximate surface area is 126 Å². The van der Waals surface area contributed by atoms with Crippen LogP contribution in [0.5, 0.6) is 0 Å². The third kappa shape index (κ3) is 4.82. The van der Waals surface area contributed by atoms with Crippen LogP contribution in [0.3, 0.4) is 0 Å². The van der Waals surface area contributed by atoms with Gasteiger partial charge in [0.2, 0.25) is 0 Å². The average Bonchev–Trinajstić information content (AvgIpc) is 2.46. The first-order chi connectivity index (χ1) is 9.62. The van der Waals surface area contributed by atoms with Crippen molar-refractivity contribution >= 4 is 28.4 Å². The van der Waals surface area contributed by atoms with Gasteiger partial charge in [0.1, 0.15) is 0 Å². The molecule has 0 radical (unpaired) electrons. The molecule has 0 atom stereocenters. The third-order valence-electron chi connectivity index (χ3n) is 2.93. The van der Waals surface area contributed by atoms with Crippen molar-refractivity contribution in [3.05, 3.63) is 52.6 Å². The Hall–Kier alpha value is -1.61. The van der Waals surface area contributed by atoms with Gasteiger partial charge in [0.05, 0.1) is 0 Å². The molecule has 3 N–H and O–H groups in total. The number of rotatable bonds is 6. The molecule has 0 aliphatic carbocycles. The summed E-state index contributed by atoms with van der Waals surface area (Å²) in [4.78, 5) is 1.24. The van der Waals surface area contributed by atoms with E-state index in [-0.39, 0.29) is 0 Å². The molecule has 0 saturated carbocycles. The molecule has 3 heteroatoms. The fourth-order valence-corrected chi connectivity index (χ4v) is 2.51. The molecule has 0 spiro atoms. The maximum atomic E-state index is 6.04. The molecular formula is C17H24N2S. The van der Waals surface area contributed by atoms with E-state index >= 15 is 0 Å². The summed E-state index contributed by atoms with van der Waals surface area (Å²) in [6.45, 7) is 6.23. The van der Waals surface area contributed by atoms with E-state index in [0.29, 0.717) is 0 Å². The zero-order chi connectivity index (χ0) is 15.0. The van der Waals surface area contributed by atoms with Crippen molar-refractivity contribution in [1.29, 1.82) is 0 Å². The van der Waals surface area contributed by atoms with Crippen LogP contribution in [0.25, 0.3) is 11.0 Å². The Balaban J connectivity index is 3.07. The highest BCUT2D eigenvalue weighted by Crippen LogP contribution is 2.31. The van der Waals surface area contributed by atoms with Gasteiger partial charge in [0.25, 0.3) is 0 Å². The SMILES string of the molecule is C/C=C(\S/C=C/CC)c1ccc(N)c(/C=C(\C)NC)c1. The lowest BCUT2D eigenvalue weighted by Crippen LogP contribution is -2.01. The van der Waals surface area contributed by atoms with Gasteiger partial charge < -0.3 is 11.1 Å². The van der Waals surface area contributed by atoms with Gasteiger partial charge in [-0.2, -0.15) is 0 Å². The van der Waals surface area contributed by atoms with Gasteiger partial charge in [0, 0.05) is 23.3 Å². The fourth-order valence-electron chi connectivity index (χ4n) is 1.68. The predicted octanol–water partition coefficient (Wildman–Crippen LogP) is 4.87. The molecule has 1 aromatic carbocycles. The average molecular weight is 288 g/mol. The van der Waals surface area contributed by atoms with E-state index in [1.54, 1.807) is 11.8 Å². The van der Waals surface area contributed by atoms with Crippen LogP contribution in [-0.2, 0) is 0 Å². The minimum absolute atomic E-state index is 0.799. The quantitative estimate of drug-likeness (QED) is 0.734. The van der Waals surface area contributed by atoms with Crippen LogP contribution in [0.15, 0.2) is 41.5 Å². The minimum Gasteiger partial charge on any atom is -0.398 e. The number of nitrogens with one attached hydrogen (secondary N) is 1. The highest BCUT2D eigenvalue weighted by molar-refractivity contribution is 8.10.